The number of nitrogens with one attached hydrogen (secondary N) is 1. The Bertz CT molecular complexity index is 556. The lowest BCUT2D eigenvalue weighted by molar-refractivity contribution is 0.488. The molecule has 0 radical (unpaired) electrons. The Morgan fingerprint density at radius 2 is 2.33 bits per heavy atom. The van der Waals surface area contributed by atoms with E-state index in [1.165, 1.54) is 17.5 Å². The first kappa shape index (κ1) is 11.9. The third-order valence-electron chi connectivity index (χ3n) is 3.46. The smallest absolute Gasteiger partial charge is 0.0672 e. The maximum absolute atomic E-state index is 4.66. The van der Waals surface area contributed by atoms with Gasteiger partial charge in [0.25, 0.3) is 0 Å². The van der Waals surface area contributed by atoms with E-state index >= 15 is 0 Å². The molecule has 1 N–H and O–H groups in total. The van der Waals surface area contributed by atoms with Gasteiger partial charge in [0.05, 0.1) is 11.7 Å². The summed E-state index contributed by atoms with van der Waals surface area (Å²) in [4.78, 5) is 0. The second-order valence-corrected chi connectivity index (χ2v) is 5.68. The van der Waals surface area contributed by atoms with Gasteiger partial charge < -0.3 is 5.32 Å². The van der Waals surface area contributed by atoms with Crippen LogP contribution in [-0.2, 0) is 0 Å². The molecular weight excluding hydrogens is 290 g/mol. The molecule has 0 spiro atoms. The average Bonchev–Trinajstić information content (AvgIpc) is 2.97. The van der Waals surface area contributed by atoms with Crippen molar-refractivity contribution in [1.82, 2.24) is 15.1 Å². The monoisotopic (exact) mass is 305 g/mol. The molecule has 1 atom stereocenters. The summed E-state index contributed by atoms with van der Waals surface area (Å²) >= 11 is 3.52. The Morgan fingerprint density at radius 1 is 1.44 bits per heavy atom. The molecule has 2 heterocycles. The van der Waals surface area contributed by atoms with E-state index in [0.717, 1.165) is 23.3 Å². The van der Waals surface area contributed by atoms with Crippen molar-refractivity contribution in [2.24, 2.45) is 0 Å². The van der Waals surface area contributed by atoms with Gasteiger partial charge >= 0.3 is 0 Å². The topological polar surface area (TPSA) is 29.9 Å². The predicted molar refractivity (Wildman–Crippen MR) is 76.6 cm³/mol. The largest absolute Gasteiger partial charge is 0.315 e. The molecule has 1 fully saturated rings. The Morgan fingerprint density at radius 3 is 3.06 bits per heavy atom. The highest BCUT2D eigenvalue weighted by Crippen LogP contribution is 2.27. The summed E-state index contributed by atoms with van der Waals surface area (Å²) in [6.07, 6.45) is 3.34. The van der Waals surface area contributed by atoms with Crippen molar-refractivity contribution in [2.45, 2.75) is 19.4 Å². The highest BCUT2D eigenvalue weighted by atomic mass is 79.9. The van der Waals surface area contributed by atoms with Crippen LogP contribution in [0.25, 0.3) is 11.1 Å². The fourth-order valence-electron chi connectivity index (χ4n) is 2.47. The molecule has 2 aromatic rings. The molecular formula is C14H16BrN3. The molecule has 1 aromatic carbocycles. The van der Waals surface area contributed by atoms with Crippen LogP contribution < -0.4 is 5.32 Å². The number of aromatic nitrogens is 2. The summed E-state index contributed by atoms with van der Waals surface area (Å²) in [7, 11) is 0. The zero-order valence-electron chi connectivity index (χ0n) is 10.4. The van der Waals surface area contributed by atoms with Crippen LogP contribution in [0, 0.1) is 6.92 Å². The van der Waals surface area contributed by atoms with E-state index in [1.54, 1.807) is 0 Å². The summed E-state index contributed by atoms with van der Waals surface area (Å²) in [5.74, 6) is 0. The zero-order chi connectivity index (χ0) is 12.5. The Kier molecular flexibility index (Phi) is 3.22. The molecule has 1 unspecified atom stereocenters. The number of hydrogen-bond acceptors (Lipinski definition) is 2. The van der Waals surface area contributed by atoms with E-state index in [0.29, 0.717) is 6.04 Å². The molecule has 0 amide bonds. The van der Waals surface area contributed by atoms with Crippen LogP contribution in [0.15, 0.2) is 34.9 Å². The minimum atomic E-state index is 0.504. The molecule has 3 nitrogen and oxygen atoms in total. The maximum Gasteiger partial charge on any atom is 0.0672 e. The van der Waals surface area contributed by atoms with Crippen LogP contribution in [0.2, 0.25) is 0 Å². The van der Waals surface area contributed by atoms with Gasteiger partial charge in [-0.3, -0.25) is 4.68 Å². The van der Waals surface area contributed by atoms with Crippen molar-refractivity contribution >= 4 is 15.9 Å². The van der Waals surface area contributed by atoms with Crippen LogP contribution in [0.5, 0.6) is 0 Å². The van der Waals surface area contributed by atoms with Gasteiger partial charge in [0.2, 0.25) is 0 Å². The number of nitrogens with zero attached hydrogens (tertiary/aromatic N) is 2. The van der Waals surface area contributed by atoms with Crippen LogP contribution in [0.4, 0.5) is 0 Å². The molecule has 1 saturated heterocycles. The summed E-state index contributed by atoms with van der Waals surface area (Å²) in [6, 6.07) is 8.88. The number of halogens is 1. The van der Waals surface area contributed by atoms with E-state index in [1.807, 2.05) is 6.07 Å². The van der Waals surface area contributed by atoms with Gasteiger partial charge in [-0.25, -0.2) is 0 Å². The summed E-state index contributed by atoms with van der Waals surface area (Å²) in [5.41, 5.74) is 3.54. The molecule has 0 bridgehead atoms. The molecule has 18 heavy (non-hydrogen) atoms. The molecule has 1 aromatic heterocycles. The van der Waals surface area contributed by atoms with Crippen LogP contribution in [0.1, 0.15) is 18.2 Å². The number of rotatable bonds is 2. The van der Waals surface area contributed by atoms with Crippen molar-refractivity contribution in [2.75, 3.05) is 13.1 Å². The fraction of sp³-hybridized carbons (Fsp3) is 0.357. The molecule has 0 saturated carbocycles. The first-order valence-corrected chi connectivity index (χ1v) is 7.06. The second-order valence-electron chi connectivity index (χ2n) is 4.77. The number of benzene rings is 1. The van der Waals surface area contributed by atoms with Crippen molar-refractivity contribution in [3.05, 3.63) is 40.6 Å². The lowest BCUT2D eigenvalue weighted by Gasteiger charge is -2.07. The quantitative estimate of drug-likeness (QED) is 0.923. The highest BCUT2D eigenvalue weighted by molar-refractivity contribution is 9.10. The van der Waals surface area contributed by atoms with Crippen molar-refractivity contribution < 1.29 is 0 Å². The number of aryl methyl sites for hydroxylation is 1. The third kappa shape index (κ3) is 2.22. The third-order valence-corrected chi connectivity index (χ3v) is 3.95. The summed E-state index contributed by atoms with van der Waals surface area (Å²) in [6.45, 7) is 4.20. The van der Waals surface area contributed by atoms with Gasteiger partial charge in [-0.05, 0) is 37.6 Å². The number of hydrogen-bond donors (Lipinski definition) is 1. The Hall–Kier alpha value is -1.13. The summed E-state index contributed by atoms with van der Waals surface area (Å²) in [5, 5.41) is 8.04. The lowest BCUT2D eigenvalue weighted by atomic mass is 10.1. The second kappa shape index (κ2) is 4.86. The van der Waals surface area contributed by atoms with Crippen molar-refractivity contribution in [3.8, 4) is 11.1 Å². The maximum atomic E-state index is 4.66. The Balaban J connectivity index is 1.97. The van der Waals surface area contributed by atoms with Gasteiger partial charge in [-0.15, -0.1) is 0 Å². The van der Waals surface area contributed by atoms with E-state index in [9.17, 15) is 0 Å². The van der Waals surface area contributed by atoms with E-state index in [2.05, 4.69) is 62.3 Å². The van der Waals surface area contributed by atoms with Crippen molar-refractivity contribution in [3.63, 3.8) is 0 Å². The molecule has 1 aliphatic rings. The van der Waals surface area contributed by atoms with E-state index in [-0.39, 0.29) is 0 Å². The van der Waals surface area contributed by atoms with Gasteiger partial charge in [-0.1, -0.05) is 28.1 Å². The van der Waals surface area contributed by atoms with Gasteiger partial charge in [0, 0.05) is 22.8 Å². The highest BCUT2D eigenvalue weighted by Gasteiger charge is 2.18. The van der Waals surface area contributed by atoms with Crippen molar-refractivity contribution in [1.29, 1.82) is 0 Å². The fourth-order valence-corrected chi connectivity index (χ4v) is 2.87. The standard InChI is InChI=1S/C14H16BrN3/c1-10-14(11-3-2-4-12(15)7-11)9-18(17-10)13-5-6-16-8-13/h2-4,7,9,13,16H,5-6,8H2,1H3. The first-order valence-electron chi connectivity index (χ1n) is 6.26. The normalized spacial score (nSPS) is 19.3. The minimum absolute atomic E-state index is 0.504. The SMILES string of the molecule is Cc1nn(C2CCNC2)cc1-c1cccc(Br)c1. The molecule has 1 aliphatic heterocycles. The first-order chi connectivity index (χ1) is 8.74. The minimum Gasteiger partial charge on any atom is -0.315 e. The van der Waals surface area contributed by atoms with E-state index < -0.39 is 0 Å². The molecule has 4 heteroatoms. The molecule has 3 rings (SSSR count). The predicted octanol–water partition coefficient (Wildman–Crippen LogP) is 3.16. The van der Waals surface area contributed by atoms with Gasteiger partial charge in [0.15, 0.2) is 0 Å². The summed E-state index contributed by atoms with van der Waals surface area (Å²) < 4.78 is 3.22. The Labute approximate surface area is 115 Å². The van der Waals surface area contributed by atoms with Gasteiger partial charge in [0.1, 0.15) is 0 Å². The van der Waals surface area contributed by atoms with Crippen LogP contribution in [0.3, 0.4) is 0 Å². The van der Waals surface area contributed by atoms with Crippen LogP contribution >= 0.6 is 15.9 Å². The lowest BCUT2D eigenvalue weighted by Crippen LogP contribution is -2.13. The van der Waals surface area contributed by atoms with E-state index in [4.69, 9.17) is 0 Å². The van der Waals surface area contributed by atoms with Gasteiger partial charge in [-0.2, -0.15) is 5.10 Å². The zero-order valence-corrected chi connectivity index (χ0v) is 11.9. The van der Waals surface area contributed by atoms with Crippen LogP contribution in [-0.4, -0.2) is 22.9 Å². The average molecular weight is 306 g/mol. The molecule has 0 aliphatic carbocycles. The molecule has 94 valence electrons.